The number of alkyl halides is 3. The van der Waals surface area contributed by atoms with Gasteiger partial charge in [-0.05, 0) is 24.3 Å². The monoisotopic (exact) mass is 301 g/mol. The summed E-state index contributed by atoms with van der Waals surface area (Å²) in [6.07, 6.45) is 1.50. The minimum Gasteiger partial charge on any atom is -0.469 e. The minimum absolute atomic E-state index is 0.0454. The van der Waals surface area contributed by atoms with E-state index in [0.717, 1.165) is 0 Å². The first-order valence-corrected chi connectivity index (χ1v) is 5.98. The summed E-state index contributed by atoms with van der Waals surface area (Å²) in [4.78, 5) is 11.7. The van der Waals surface area contributed by atoms with Crippen molar-refractivity contribution < 1.29 is 22.7 Å². The van der Waals surface area contributed by atoms with Gasteiger partial charge in [0.1, 0.15) is 11.5 Å². The zero-order valence-electron chi connectivity index (χ0n) is 10.1. The molecule has 0 aliphatic rings. The predicted octanol–water partition coefficient (Wildman–Crippen LogP) is 3.63. The Kier molecular flexibility index (Phi) is 4.24. The quantitative estimate of drug-likeness (QED) is 0.858. The molecule has 2 aromatic rings. The van der Waals surface area contributed by atoms with E-state index >= 15 is 0 Å². The van der Waals surface area contributed by atoms with Crippen molar-refractivity contribution in [3.8, 4) is 5.75 Å². The summed E-state index contributed by atoms with van der Waals surface area (Å²) in [6.45, 7) is 0. The summed E-state index contributed by atoms with van der Waals surface area (Å²) in [5.74, 6) is 0.0118. The minimum atomic E-state index is -3.79. The second-order valence-corrected chi connectivity index (χ2v) is 4.32. The molecular formula is C13H10ClF2NO3. The molecule has 0 saturated carbocycles. The van der Waals surface area contributed by atoms with E-state index in [2.05, 4.69) is 21.7 Å². The van der Waals surface area contributed by atoms with Crippen molar-refractivity contribution >= 4 is 23.2 Å². The molecule has 2 rings (SSSR count). The lowest BCUT2D eigenvalue weighted by atomic mass is 10.2. The van der Waals surface area contributed by atoms with Gasteiger partial charge in [-0.15, -0.1) is 8.78 Å². The van der Waals surface area contributed by atoms with Gasteiger partial charge in [0.05, 0.1) is 12.7 Å². The van der Waals surface area contributed by atoms with E-state index in [1.807, 2.05) is 0 Å². The van der Waals surface area contributed by atoms with Crippen LogP contribution in [0.5, 0.6) is 5.75 Å². The third-order valence-corrected chi connectivity index (χ3v) is 2.34. The zero-order chi connectivity index (χ0) is 14.6. The maximum atomic E-state index is 12.5. The summed E-state index contributed by atoms with van der Waals surface area (Å²) >= 11 is 4.67. The highest BCUT2D eigenvalue weighted by Gasteiger charge is 2.27. The van der Waals surface area contributed by atoms with Gasteiger partial charge in [0.25, 0.3) is 0 Å². The van der Waals surface area contributed by atoms with E-state index in [1.54, 1.807) is 18.2 Å². The van der Waals surface area contributed by atoms with Gasteiger partial charge in [-0.2, -0.15) is 0 Å². The number of furan rings is 1. The maximum Gasteiger partial charge on any atom is 0.487 e. The lowest BCUT2D eigenvalue weighted by Crippen LogP contribution is -2.16. The van der Waals surface area contributed by atoms with Crippen LogP contribution in [0.1, 0.15) is 5.76 Å². The molecule has 0 spiro atoms. The number of halogens is 3. The summed E-state index contributed by atoms with van der Waals surface area (Å²) in [5, 5.41) is 2.54. The van der Waals surface area contributed by atoms with Crippen LogP contribution in [0.15, 0.2) is 47.1 Å². The number of rotatable bonds is 5. The zero-order valence-corrected chi connectivity index (χ0v) is 10.9. The molecule has 1 aromatic carbocycles. The van der Waals surface area contributed by atoms with Gasteiger partial charge in [0.2, 0.25) is 5.91 Å². The van der Waals surface area contributed by atoms with Gasteiger partial charge in [-0.25, -0.2) is 0 Å². The molecule has 4 nitrogen and oxygen atoms in total. The van der Waals surface area contributed by atoms with Gasteiger partial charge in [0, 0.05) is 23.4 Å². The maximum absolute atomic E-state index is 12.5. The number of hydrogen-bond acceptors (Lipinski definition) is 3. The molecule has 0 fully saturated rings. The van der Waals surface area contributed by atoms with E-state index in [1.165, 1.54) is 24.5 Å². The second-order valence-electron chi connectivity index (χ2n) is 3.88. The van der Waals surface area contributed by atoms with Crippen LogP contribution in [-0.2, 0) is 11.2 Å². The fourth-order valence-corrected chi connectivity index (χ4v) is 1.64. The van der Waals surface area contributed by atoms with Crippen molar-refractivity contribution in [2.45, 2.75) is 12.0 Å². The van der Waals surface area contributed by atoms with Gasteiger partial charge in [-0.3, -0.25) is 4.79 Å². The van der Waals surface area contributed by atoms with Crippen molar-refractivity contribution in [1.29, 1.82) is 0 Å². The van der Waals surface area contributed by atoms with Crippen LogP contribution in [0.4, 0.5) is 14.5 Å². The molecule has 0 unspecified atom stereocenters. The lowest BCUT2D eigenvalue weighted by molar-refractivity contribution is -0.115. The molecule has 1 amide bonds. The van der Waals surface area contributed by atoms with Crippen molar-refractivity contribution in [3.63, 3.8) is 0 Å². The third-order valence-electron chi connectivity index (χ3n) is 2.27. The number of anilines is 1. The Hall–Kier alpha value is -2.08. The van der Waals surface area contributed by atoms with Crippen LogP contribution < -0.4 is 10.1 Å². The largest absolute Gasteiger partial charge is 0.487 e. The Labute approximate surface area is 118 Å². The topological polar surface area (TPSA) is 51.5 Å². The van der Waals surface area contributed by atoms with E-state index in [0.29, 0.717) is 11.4 Å². The average Bonchev–Trinajstić information content (AvgIpc) is 2.79. The molecule has 1 heterocycles. The molecule has 106 valence electrons. The molecule has 20 heavy (non-hydrogen) atoms. The molecule has 1 aromatic heterocycles. The number of amides is 1. The predicted molar refractivity (Wildman–Crippen MR) is 68.9 cm³/mol. The smallest absolute Gasteiger partial charge is 0.469 e. The van der Waals surface area contributed by atoms with Crippen molar-refractivity contribution in [2.75, 3.05) is 5.32 Å². The van der Waals surface area contributed by atoms with Crippen LogP contribution in [0.3, 0.4) is 0 Å². The van der Waals surface area contributed by atoms with Crippen LogP contribution in [-0.4, -0.2) is 11.5 Å². The molecule has 0 saturated heterocycles. The lowest BCUT2D eigenvalue weighted by Gasteiger charge is -2.11. The normalized spacial score (nSPS) is 11.2. The Morgan fingerprint density at radius 3 is 2.80 bits per heavy atom. The van der Waals surface area contributed by atoms with Crippen LogP contribution in [0.2, 0.25) is 0 Å². The summed E-state index contributed by atoms with van der Waals surface area (Å²) in [7, 11) is 0. The number of nitrogens with one attached hydrogen (secondary N) is 1. The fourth-order valence-electron chi connectivity index (χ4n) is 1.55. The van der Waals surface area contributed by atoms with Crippen LogP contribution in [0, 0.1) is 0 Å². The van der Waals surface area contributed by atoms with E-state index < -0.39 is 5.57 Å². The standard InChI is InChI=1S/C13H10ClF2NO3/c14-13(15,16)20-11-4-1-3-9(7-11)17-12(18)8-10-5-2-6-19-10/h1-7H,8H2,(H,17,18). The molecule has 0 bridgehead atoms. The molecule has 0 aliphatic heterocycles. The Balaban J connectivity index is 1.99. The molecule has 7 heteroatoms. The summed E-state index contributed by atoms with van der Waals surface area (Å²) in [6, 6.07) is 8.88. The van der Waals surface area contributed by atoms with Crippen molar-refractivity contribution in [2.24, 2.45) is 0 Å². The Morgan fingerprint density at radius 1 is 1.35 bits per heavy atom. The van der Waals surface area contributed by atoms with Gasteiger partial charge in [-0.1, -0.05) is 6.07 Å². The van der Waals surface area contributed by atoms with Crippen LogP contribution >= 0.6 is 11.6 Å². The third kappa shape index (κ3) is 4.55. The van der Waals surface area contributed by atoms with Gasteiger partial charge in [0.15, 0.2) is 0 Å². The van der Waals surface area contributed by atoms with E-state index in [-0.39, 0.29) is 18.1 Å². The second kappa shape index (κ2) is 5.92. The first-order chi connectivity index (χ1) is 9.42. The first-order valence-electron chi connectivity index (χ1n) is 5.60. The fraction of sp³-hybridized carbons (Fsp3) is 0.154. The molecule has 0 aliphatic carbocycles. The summed E-state index contributed by atoms with van der Waals surface area (Å²) in [5.41, 5.74) is -3.48. The SMILES string of the molecule is O=C(Cc1ccco1)Nc1cccc(OC(F)(F)Cl)c1. The highest BCUT2D eigenvalue weighted by Crippen LogP contribution is 2.26. The number of carbonyl (C=O) groups excluding carboxylic acids is 1. The first kappa shape index (κ1) is 14.3. The van der Waals surface area contributed by atoms with Gasteiger partial charge < -0.3 is 14.5 Å². The highest BCUT2D eigenvalue weighted by molar-refractivity contribution is 6.20. The summed E-state index contributed by atoms with van der Waals surface area (Å²) < 4.78 is 34.2. The van der Waals surface area contributed by atoms with E-state index in [9.17, 15) is 13.6 Å². The Bertz CT molecular complexity index is 582. The Morgan fingerprint density at radius 2 is 2.15 bits per heavy atom. The number of ether oxygens (including phenoxy) is 1. The van der Waals surface area contributed by atoms with E-state index in [4.69, 9.17) is 4.42 Å². The molecule has 1 N–H and O–H groups in total. The molecule has 0 atom stereocenters. The number of hydrogen-bond donors (Lipinski definition) is 1. The highest BCUT2D eigenvalue weighted by atomic mass is 35.5. The average molecular weight is 302 g/mol. The molecule has 0 radical (unpaired) electrons. The number of benzene rings is 1. The van der Waals surface area contributed by atoms with Crippen molar-refractivity contribution in [1.82, 2.24) is 0 Å². The number of carbonyl (C=O) groups is 1. The van der Waals surface area contributed by atoms with Crippen molar-refractivity contribution in [3.05, 3.63) is 48.4 Å². The molecular weight excluding hydrogens is 292 g/mol. The van der Waals surface area contributed by atoms with Crippen LogP contribution in [0.25, 0.3) is 0 Å². The van der Waals surface area contributed by atoms with Gasteiger partial charge >= 0.3 is 5.57 Å².